The fraction of sp³-hybridized carbons (Fsp3) is 0.231. The molecule has 4 heteroatoms. The third-order valence-corrected chi connectivity index (χ3v) is 4.87. The molecule has 0 fully saturated rings. The first-order valence-electron chi connectivity index (χ1n) is 10.1. The average Bonchev–Trinajstić information content (AvgIpc) is 2.76. The maximum atomic E-state index is 13.6. The van der Waals surface area contributed by atoms with E-state index in [9.17, 15) is 9.50 Å². The smallest absolute Gasteiger partial charge is 0.123 e. The van der Waals surface area contributed by atoms with E-state index in [0.717, 1.165) is 40.1 Å². The summed E-state index contributed by atoms with van der Waals surface area (Å²) >= 11 is 0. The van der Waals surface area contributed by atoms with Crippen LogP contribution in [-0.2, 0) is 0 Å². The number of likely N-dealkylation sites (N-methyl/N-ethyl adjacent to an activating group) is 1. The van der Waals surface area contributed by atoms with E-state index in [1.165, 1.54) is 12.1 Å². The van der Waals surface area contributed by atoms with E-state index in [4.69, 9.17) is 4.74 Å². The molecule has 0 aliphatic rings. The molecule has 156 valence electrons. The van der Waals surface area contributed by atoms with Crippen molar-refractivity contribution in [2.45, 2.75) is 6.42 Å². The molecule has 0 amide bonds. The van der Waals surface area contributed by atoms with Crippen LogP contribution >= 0.6 is 0 Å². The molecule has 0 aliphatic heterocycles. The first kappa shape index (κ1) is 21.8. The first-order valence-corrected chi connectivity index (χ1v) is 10.1. The van der Waals surface area contributed by atoms with Gasteiger partial charge in [0.2, 0.25) is 0 Å². The summed E-state index contributed by atoms with van der Waals surface area (Å²) in [6, 6.07) is 24.5. The van der Waals surface area contributed by atoms with Crippen molar-refractivity contribution in [3.63, 3.8) is 0 Å². The lowest BCUT2D eigenvalue weighted by Gasteiger charge is -2.17. The van der Waals surface area contributed by atoms with E-state index in [0.29, 0.717) is 13.0 Å². The van der Waals surface area contributed by atoms with Gasteiger partial charge in [-0.3, -0.25) is 0 Å². The summed E-state index contributed by atoms with van der Waals surface area (Å²) in [4.78, 5) is 2.07. The standard InChI is InChI=1S/C26H28FNO2/c1-28(2)17-19-30-24-14-10-22(11-15-24)26(21-8-12-23(27)13-9-21)25(16-18-29)20-6-4-3-5-7-20/h3-15,29H,16-19H2,1-2H3/b26-25+. The van der Waals surface area contributed by atoms with Gasteiger partial charge in [-0.15, -0.1) is 0 Å². The van der Waals surface area contributed by atoms with Crippen LogP contribution in [0.4, 0.5) is 4.39 Å². The molecule has 3 nitrogen and oxygen atoms in total. The summed E-state index contributed by atoms with van der Waals surface area (Å²) in [5.41, 5.74) is 4.94. The molecule has 0 radical (unpaired) electrons. The van der Waals surface area contributed by atoms with Crippen molar-refractivity contribution in [3.05, 3.63) is 101 Å². The van der Waals surface area contributed by atoms with E-state index in [1.807, 2.05) is 68.7 Å². The predicted molar refractivity (Wildman–Crippen MR) is 121 cm³/mol. The van der Waals surface area contributed by atoms with Crippen molar-refractivity contribution in [2.24, 2.45) is 0 Å². The van der Waals surface area contributed by atoms with Gasteiger partial charge in [-0.2, -0.15) is 0 Å². The molecular weight excluding hydrogens is 377 g/mol. The van der Waals surface area contributed by atoms with E-state index in [1.54, 1.807) is 12.1 Å². The fourth-order valence-corrected chi connectivity index (χ4v) is 3.36. The van der Waals surface area contributed by atoms with Gasteiger partial charge in [0.15, 0.2) is 0 Å². The van der Waals surface area contributed by atoms with Crippen LogP contribution in [0.2, 0.25) is 0 Å². The first-order chi connectivity index (χ1) is 14.6. The molecule has 0 aromatic heterocycles. The van der Waals surface area contributed by atoms with Crippen molar-refractivity contribution < 1.29 is 14.2 Å². The number of aliphatic hydroxyl groups excluding tert-OH is 1. The SMILES string of the molecule is CN(C)CCOc1ccc(/C(=C(\CCO)c2ccccc2)c2ccc(F)cc2)cc1. The number of rotatable bonds is 9. The van der Waals surface area contributed by atoms with Gasteiger partial charge in [0, 0.05) is 13.2 Å². The zero-order valence-electron chi connectivity index (χ0n) is 17.5. The lowest BCUT2D eigenvalue weighted by Crippen LogP contribution is -2.19. The van der Waals surface area contributed by atoms with Crippen LogP contribution in [0.3, 0.4) is 0 Å². The second kappa shape index (κ2) is 10.7. The Balaban J connectivity index is 2.04. The molecule has 0 spiro atoms. The van der Waals surface area contributed by atoms with E-state index in [-0.39, 0.29) is 12.4 Å². The molecule has 0 saturated heterocycles. The molecule has 0 unspecified atom stereocenters. The van der Waals surface area contributed by atoms with Crippen LogP contribution in [0.15, 0.2) is 78.9 Å². The molecule has 3 aromatic rings. The van der Waals surface area contributed by atoms with Gasteiger partial charge in [-0.1, -0.05) is 54.6 Å². The topological polar surface area (TPSA) is 32.7 Å². The quantitative estimate of drug-likeness (QED) is 0.502. The molecule has 0 saturated carbocycles. The zero-order chi connectivity index (χ0) is 21.3. The maximum Gasteiger partial charge on any atom is 0.123 e. The monoisotopic (exact) mass is 405 g/mol. The molecule has 3 aromatic carbocycles. The summed E-state index contributed by atoms with van der Waals surface area (Å²) in [5, 5.41) is 9.75. The van der Waals surface area contributed by atoms with Crippen molar-refractivity contribution in [2.75, 3.05) is 33.9 Å². The number of nitrogens with zero attached hydrogens (tertiary/aromatic N) is 1. The summed E-state index contributed by atoms with van der Waals surface area (Å²) in [5.74, 6) is 0.536. The Morgan fingerprint density at radius 2 is 1.43 bits per heavy atom. The molecule has 1 N–H and O–H groups in total. The average molecular weight is 406 g/mol. The summed E-state index contributed by atoms with van der Waals surface area (Å²) in [6.45, 7) is 1.49. The predicted octanol–water partition coefficient (Wildman–Crippen LogP) is 5.11. The van der Waals surface area contributed by atoms with Crippen molar-refractivity contribution in [1.29, 1.82) is 0 Å². The highest BCUT2D eigenvalue weighted by molar-refractivity contribution is 5.98. The number of halogens is 1. The van der Waals surface area contributed by atoms with Crippen LogP contribution in [0.1, 0.15) is 23.1 Å². The molecule has 30 heavy (non-hydrogen) atoms. The van der Waals surface area contributed by atoms with Crippen molar-refractivity contribution in [1.82, 2.24) is 4.90 Å². The third kappa shape index (κ3) is 5.78. The van der Waals surface area contributed by atoms with Crippen LogP contribution in [0.25, 0.3) is 11.1 Å². The number of ether oxygens (including phenoxy) is 1. The second-order valence-electron chi connectivity index (χ2n) is 7.38. The van der Waals surface area contributed by atoms with Crippen LogP contribution in [0.5, 0.6) is 5.75 Å². The van der Waals surface area contributed by atoms with Gasteiger partial charge in [-0.05, 0) is 72.6 Å². The number of aliphatic hydroxyl groups is 1. The lowest BCUT2D eigenvalue weighted by atomic mass is 9.88. The Morgan fingerprint density at radius 1 is 0.833 bits per heavy atom. The third-order valence-electron chi connectivity index (χ3n) is 4.87. The molecule has 0 atom stereocenters. The highest BCUT2D eigenvalue weighted by Crippen LogP contribution is 2.35. The minimum absolute atomic E-state index is 0.0284. The van der Waals surface area contributed by atoms with Gasteiger partial charge in [-0.25, -0.2) is 4.39 Å². The lowest BCUT2D eigenvalue weighted by molar-refractivity contribution is 0.261. The van der Waals surface area contributed by atoms with Gasteiger partial charge in [0.05, 0.1) is 0 Å². The summed E-state index contributed by atoms with van der Waals surface area (Å²) in [6.07, 6.45) is 0.498. The van der Waals surface area contributed by atoms with Gasteiger partial charge in [0.1, 0.15) is 18.2 Å². The van der Waals surface area contributed by atoms with E-state index >= 15 is 0 Å². The molecular formula is C26H28FNO2. The largest absolute Gasteiger partial charge is 0.492 e. The van der Waals surface area contributed by atoms with Crippen LogP contribution in [-0.4, -0.2) is 43.9 Å². The summed E-state index contributed by atoms with van der Waals surface area (Å²) < 4.78 is 19.4. The van der Waals surface area contributed by atoms with E-state index < -0.39 is 0 Å². The highest BCUT2D eigenvalue weighted by Gasteiger charge is 2.14. The Hall–Kier alpha value is -2.95. The van der Waals surface area contributed by atoms with E-state index in [2.05, 4.69) is 4.90 Å². The number of hydrogen-bond acceptors (Lipinski definition) is 3. The van der Waals surface area contributed by atoms with Crippen LogP contribution < -0.4 is 4.74 Å². The fourth-order valence-electron chi connectivity index (χ4n) is 3.36. The molecule has 0 bridgehead atoms. The molecule has 0 aliphatic carbocycles. The van der Waals surface area contributed by atoms with Gasteiger partial charge >= 0.3 is 0 Å². The zero-order valence-corrected chi connectivity index (χ0v) is 17.5. The molecule has 0 heterocycles. The van der Waals surface area contributed by atoms with Crippen molar-refractivity contribution >= 4 is 11.1 Å². The molecule has 3 rings (SSSR count). The highest BCUT2D eigenvalue weighted by atomic mass is 19.1. The van der Waals surface area contributed by atoms with Gasteiger partial charge in [0.25, 0.3) is 0 Å². The Bertz CT molecular complexity index is 949. The minimum Gasteiger partial charge on any atom is -0.492 e. The maximum absolute atomic E-state index is 13.6. The normalized spacial score (nSPS) is 12.0. The Kier molecular flexibility index (Phi) is 7.77. The number of benzene rings is 3. The summed E-state index contributed by atoms with van der Waals surface area (Å²) in [7, 11) is 4.02. The minimum atomic E-state index is -0.272. The Labute approximate surface area is 178 Å². The Morgan fingerprint density at radius 3 is 2.00 bits per heavy atom. The van der Waals surface area contributed by atoms with Gasteiger partial charge < -0.3 is 14.7 Å². The van der Waals surface area contributed by atoms with Crippen LogP contribution in [0, 0.1) is 5.82 Å². The second-order valence-corrected chi connectivity index (χ2v) is 7.38. The van der Waals surface area contributed by atoms with Crippen molar-refractivity contribution in [3.8, 4) is 5.75 Å². The number of hydrogen-bond donors (Lipinski definition) is 1.